The van der Waals surface area contributed by atoms with Gasteiger partial charge in [0.15, 0.2) is 4.80 Å². The van der Waals surface area contributed by atoms with Crippen LogP contribution in [0.3, 0.4) is 0 Å². The number of benzene rings is 4. The highest BCUT2D eigenvalue weighted by molar-refractivity contribution is 7.07. The summed E-state index contributed by atoms with van der Waals surface area (Å²) in [5, 5.41) is 1.84. The number of aromatic nitrogens is 1. The van der Waals surface area contributed by atoms with Gasteiger partial charge in [-0.15, -0.1) is 0 Å². The van der Waals surface area contributed by atoms with Gasteiger partial charge < -0.3 is 14.2 Å². The second-order valence-electron chi connectivity index (χ2n) is 11.1. The minimum absolute atomic E-state index is 0.00425. The minimum atomic E-state index is -0.755. The molecule has 4 aromatic carbocycles. The Morgan fingerprint density at radius 1 is 1.02 bits per heavy atom. The molecule has 0 saturated heterocycles. The molecular weight excluding hydrogens is 603 g/mol. The molecule has 9 heteroatoms. The van der Waals surface area contributed by atoms with E-state index in [4.69, 9.17) is 19.2 Å². The van der Waals surface area contributed by atoms with Crippen molar-refractivity contribution in [1.82, 2.24) is 4.57 Å². The van der Waals surface area contributed by atoms with Crippen molar-refractivity contribution in [3.05, 3.63) is 138 Å². The monoisotopic (exact) mass is 636 g/mol. The van der Waals surface area contributed by atoms with Crippen LogP contribution in [0.2, 0.25) is 0 Å². The number of thiazole rings is 1. The number of fused-ring (bicyclic) bond motifs is 2. The Morgan fingerprint density at radius 2 is 1.76 bits per heavy atom. The molecule has 7 nitrogen and oxygen atoms in total. The van der Waals surface area contributed by atoms with Crippen molar-refractivity contribution in [2.24, 2.45) is 4.99 Å². The third-order valence-corrected chi connectivity index (χ3v) is 8.61. The molecule has 0 radical (unpaired) electrons. The van der Waals surface area contributed by atoms with E-state index in [1.165, 1.54) is 17.4 Å². The zero-order valence-corrected chi connectivity index (χ0v) is 26.8. The number of esters is 1. The number of halogens is 1. The topological polar surface area (TPSA) is 79.1 Å². The number of carbonyl (C=O) groups is 1. The number of rotatable bonds is 9. The van der Waals surface area contributed by atoms with Gasteiger partial charge in [0.25, 0.3) is 5.56 Å². The van der Waals surface area contributed by atoms with Crippen molar-refractivity contribution in [2.45, 2.75) is 46.4 Å². The number of allylic oxidation sites excluding steroid dienone is 1. The van der Waals surface area contributed by atoms with Crippen LogP contribution < -0.4 is 24.4 Å². The minimum Gasteiger partial charge on any atom is -0.491 e. The largest absolute Gasteiger partial charge is 0.491 e. The molecule has 6 rings (SSSR count). The van der Waals surface area contributed by atoms with Gasteiger partial charge in [0.05, 0.1) is 34.6 Å². The van der Waals surface area contributed by atoms with E-state index in [-0.39, 0.29) is 30.7 Å². The van der Waals surface area contributed by atoms with Gasteiger partial charge in [-0.1, -0.05) is 72.0 Å². The third-order valence-electron chi connectivity index (χ3n) is 7.63. The van der Waals surface area contributed by atoms with Crippen LogP contribution in [0.5, 0.6) is 11.5 Å². The van der Waals surface area contributed by atoms with Gasteiger partial charge in [0.2, 0.25) is 0 Å². The predicted molar refractivity (Wildman–Crippen MR) is 177 cm³/mol. The highest BCUT2D eigenvalue weighted by atomic mass is 32.1. The average Bonchev–Trinajstić information content (AvgIpc) is 3.34. The molecule has 2 heterocycles. The molecule has 0 N–H and O–H groups in total. The van der Waals surface area contributed by atoms with Crippen LogP contribution in [-0.4, -0.2) is 23.2 Å². The van der Waals surface area contributed by atoms with Gasteiger partial charge in [-0.25, -0.2) is 14.2 Å². The zero-order valence-electron chi connectivity index (χ0n) is 26.0. The van der Waals surface area contributed by atoms with Crippen molar-refractivity contribution in [3.63, 3.8) is 0 Å². The molecular formula is C37H33FN2O5S. The van der Waals surface area contributed by atoms with E-state index < -0.39 is 12.0 Å². The first-order valence-electron chi connectivity index (χ1n) is 15.1. The van der Waals surface area contributed by atoms with Gasteiger partial charge in [-0.2, -0.15) is 0 Å². The molecule has 0 unspecified atom stereocenters. The second kappa shape index (κ2) is 13.1. The lowest BCUT2D eigenvalue weighted by Crippen LogP contribution is -2.39. The Morgan fingerprint density at radius 3 is 2.50 bits per heavy atom. The number of carbonyl (C=O) groups excluding carboxylic acids is 1. The second-order valence-corrected chi connectivity index (χ2v) is 12.1. The summed E-state index contributed by atoms with van der Waals surface area (Å²) in [7, 11) is 0. The van der Waals surface area contributed by atoms with Gasteiger partial charge in [-0.05, 0) is 74.4 Å². The van der Waals surface area contributed by atoms with E-state index in [2.05, 4.69) is 0 Å². The fraction of sp³-hybridized carbons (Fsp3) is 0.216. The van der Waals surface area contributed by atoms with Crippen LogP contribution in [0.25, 0.3) is 16.8 Å². The highest BCUT2D eigenvalue weighted by Crippen LogP contribution is 2.33. The SMILES string of the molecule is CCOC(=O)C1=C(C)N=c2s/c(=C\c3c(OCc4ccccc4F)ccc4ccccc34)c(=O)n2[C@@H]1c1ccc(OC(C)C)cc1. The molecule has 1 atom stereocenters. The van der Waals surface area contributed by atoms with Crippen LogP contribution in [0.15, 0.2) is 106 Å². The van der Waals surface area contributed by atoms with E-state index in [0.29, 0.717) is 43.2 Å². The first-order chi connectivity index (χ1) is 22.2. The Balaban J connectivity index is 1.51. The lowest BCUT2D eigenvalue weighted by atomic mass is 9.96. The Labute approximate surface area is 269 Å². The summed E-state index contributed by atoms with van der Waals surface area (Å²) >= 11 is 1.23. The predicted octanol–water partition coefficient (Wildman–Crippen LogP) is 6.46. The summed E-state index contributed by atoms with van der Waals surface area (Å²) in [6, 6.07) is 24.7. The van der Waals surface area contributed by atoms with Gasteiger partial charge in [-0.3, -0.25) is 9.36 Å². The average molecular weight is 637 g/mol. The van der Waals surface area contributed by atoms with Gasteiger partial charge >= 0.3 is 5.97 Å². The molecule has 0 spiro atoms. The fourth-order valence-corrected chi connectivity index (χ4v) is 6.59. The molecule has 1 aliphatic rings. The van der Waals surface area contributed by atoms with E-state index in [0.717, 1.165) is 16.3 Å². The van der Waals surface area contributed by atoms with Crippen molar-refractivity contribution >= 4 is 34.2 Å². The van der Waals surface area contributed by atoms with Crippen molar-refractivity contribution in [2.75, 3.05) is 6.61 Å². The summed E-state index contributed by atoms with van der Waals surface area (Å²) in [6.07, 6.45) is 1.79. The molecule has 0 fully saturated rings. The van der Waals surface area contributed by atoms with Crippen molar-refractivity contribution in [1.29, 1.82) is 0 Å². The first-order valence-corrected chi connectivity index (χ1v) is 15.9. The van der Waals surface area contributed by atoms with E-state index >= 15 is 0 Å². The number of ether oxygens (including phenoxy) is 3. The lowest BCUT2D eigenvalue weighted by Gasteiger charge is -2.25. The smallest absolute Gasteiger partial charge is 0.338 e. The Bertz CT molecular complexity index is 2150. The van der Waals surface area contributed by atoms with E-state index in [9.17, 15) is 14.0 Å². The molecule has 234 valence electrons. The Kier molecular flexibility index (Phi) is 8.85. The van der Waals surface area contributed by atoms with Crippen molar-refractivity contribution < 1.29 is 23.4 Å². The van der Waals surface area contributed by atoms with Crippen LogP contribution in [0, 0.1) is 5.82 Å². The zero-order chi connectivity index (χ0) is 32.4. The summed E-state index contributed by atoms with van der Waals surface area (Å²) in [6.45, 7) is 7.60. The molecule has 5 aromatic rings. The maximum Gasteiger partial charge on any atom is 0.338 e. The fourth-order valence-electron chi connectivity index (χ4n) is 5.56. The number of nitrogens with zero attached hydrogens (tertiary/aromatic N) is 2. The van der Waals surface area contributed by atoms with Crippen LogP contribution in [0.4, 0.5) is 4.39 Å². The standard InChI is InChI=1S/C37H33FN2O5S/c1-5-43-36(42)33-23(4)39-37-40(34(33)25-14-17-27(18-15-25)45-22(2)3)35(41)32(46-37)20-29-28-12-8-6-10-24(28)16-19-31(29)44-21-26-11-7-9-13-30(26)38/h6-20,22,34H,5,21H2,1-4H3/b32-20-/t34-/m1/s1. The maximum absolute atomic E-state index is 14.4. The van der Waals surface area contributed by atoms with Crippen molar-refractivity contribution in [3.8, 4) is 11.5 Å². The molecule has 0 amide bonds. The number of hydrogen-bond acceptors (Lipinski definition) is 7. The Hall–Kier alpha value is -5.02. The van der Waals surface area contributed by atoms with Crippen LogP contribution in [0.1, 0.15) is 50.4 Å². The lowest BCUT2D eigenvalue weighted by molar-refractivity contribution is -0.139. The summed E-state index contributed by atoms with van der Waals surface area (Å²) in [4.78, 5) is 32.8. The molecule has 1 aliphatic heterocycles. The highest BCUT2D eigenvalue weighted by Gasteiger charge is 2.33. The summed E-state index contributed by atoms with van der Waals surface area (Å²) < 4.78 is 33.8. The first kappa shape index (κ1) is 31.0. The molecule has 0 aliphatic carbocycles. The summed E-state index contributed by atoms with van der Waals surface area (Å²) in [5.41, 5.74) is 2.31. The van der Waals surface area contributed by atoms with E-state index in [1.807, 2.05) is 74.5 Å². The molecule has 46 heavy (non-hydrogen) atoms. The molecule has 0 saturated carbocycles. The van der Waals surface area contributed by atoms with Crippen LogP contribution >= 0.6 is 11.3 Å². The quantitative estimate of drug-likeness (QED) is 0.174. The molecule has 1 aromatic heterocycles. The summed E-state index contributed by atoms with van der Waals surface area (Å²) in [5.74, 6) is 0.315. The molecule has 0 bridgehead atoms. The number of hydrogen-bond donors (Lipinski definition) is 0. The van der Waals surface area contributed by atoms with Gasteiger partial charge in [0.1, 0.15) is 23.9 Å². The van der Waals surface area contributed by atoms with Gasteiger partial charge in [0, 0.05) is 11.1 Å². The third kappa shape index (κ3) is 6.10. The van der Waals surface area contributed by atoms with E-state index in [1.54, 1.807) is 42.7 Å². The maximum atomic E-state index is 14.4. The van der Waals surface area contributed by atoms with Crippen LogP contribution in [-0.2, 0) is 16.1 Å². The normalized spacial score (nSPS) is 14.7.